The Morgan fingerprint density at radius 2 is 1.36 bits per heavy atom. The molecule has 1 N–H and O–H groups in total. The standard InChI is InChI=1S/C18H14FINO3P/c19-17-13-14(20)11-12-18(17)21-25(22,23-15-7-3-1-4-8-15)24-16-9-5-2-6-10-16/h1-13H,(H,21,22). The number of nitrogens with one attached hydrogen (secondary N) is 1. The molecular formula is C18H14FINO3P. The van der Waals surface area contributed by atoms with E-state index >= 15 is 0 Å². The van der Waals surface area contributed by atoms with Gasteiger partial charge < -0.3 is 9.05 Å². The van der Waals surface area contributed by atoms with Gasteiger partial charge >= 0.3 is 7.75 Å². The van der Waals surface area contributed by atoms with Crippen LogP contribution >= 0.6 is 30.3 Å². The van der Waals surface area contributed by atoms with Gasteiger partial charge in [-0.25, -0.2) is 8.96 Å². The highest BCUT2D eigenvalue weighted by atomic mass is 127. The molecule has 0 bridgehead atoms. The van der Waals surface area contributed by atoms with Crippen molar-refractivity contribution in [1.29, 1.82) is 0 Å². The molecule has 0 amide bonds. The average Bonchev–Trinajstić information content (AvgIpc) is 2.59. The molecule has 0 heterocycles. The summed E-state index contributed by atoms with van der Waals surface area (Å²) in [5.41, 5.74) is 0.0376. The fraction of sp³-hybridized carbons (Fsp3) is 0. The summed E-state index contributed by atoms with van der Waals surface area (Å²) in [5, 5.41) is 2.58. The second-order valence-corrected chi connectivity index (χ2v) is 7.87. The maximum absolute atomic E-state index is 14.2. The summed E-state index contributed by atoms with van der Waals surface area (Å²) < 4.78 is 39.2. The fourth-order valence-corrected chi connectivity index (χ4v) is 3.89. The van der Waals surface area contributed by atoms with Gasteiger partial charge in [0.25, 0.3) is 0 Å². The molecule has 0 spiro atoms. The molecule has 0 atom stereocenters. The van der Waals surface area contributed by atoms with Crippen LogP contribution < -0.4 is 14.1 Å². The van der Waals surface area contributed by atoms with Gasteiger partial charge in [0.1, 0.15) is 17.3 Å². The van der Waals surface area contributed by atoms with Crippen LogP contribution in [-0.4, -0.2) is 0 Å². The van der Waals surface area contributed by atoms with Gasteiger partial charge in [0.05, 0.1) is 5.69 Å². The second kappa shape index (κ2) is 7.89. The molecule has 25 heavy (non-hydrogen) atoms. The topological polar surface area (TPSA) is 47.6 Å². The van der Waals surface area contributed by atoms with Crippen LogP contribution in [0.1, 0.15) is 0 Å². The Morgan fingerprint density at radius 1 is 0.840 bits per heavy atom. The molecule has 0 unspecified atom stereocenters. The van der Waals surface area contributed by atoms with Crippen LogP contribution in [0.2, 0.25) is 0 Å². The predicted octanol–water partition coefficient (Wildman–Crippen LogP) is 6.11. The molecule has 3 aromatic carbocycles. The van der Waals surface area contributed by atoms with E-state index in [0.29, 0.717) is 11.5 Å². The largest absolute Gasteiger partial charge is 0.541 e. The molecule has 0 saturated carbocycles. The van der Waals surface area contributed by atoms with Crippen molar-refractivity contribution in [3.63, 3.8) is 0 Å². The molecule has 0 aliphatic heterocycles. The minimum atomic E-state index is -3.92. The quantitative estimate of drug-likeness (QED) is 0.350. The molecule has 7 heteroatoms. The van der Waals surface area contributed by atoms with Crippen LogP contribution in [0.15, 0.2) is 78.9 Å². The molecule has 128 valence electrons. The Kier molecular flexibility index (Phi) is 5.60. The average molecular weight is 469 g/mol. The summed E-state index contributed by atoms with van der Waals surface area (Å²) >= 11 is 2.00. The van der Waals surface area contributed by atoms with E-state index in [2.05, 4.69) is 5.09 Å². The lowest BCUT2D eigenvalue weighted by atomic mass is 10.3. The zero-order valence-corrected chi connectivity index (χ0v) is 16.0. The van der Waals surface area contributed by atoms with Crippen LogP contribution in [0.25, 0.3) is 0 Å². The van der Waals surface area contributed by atoms with Gasteiger partial charge in [-0.2, -0.15) is 0 Å². The Balaban J connectivity index is 1.91. The van der Waals surface area contributed by atoms with E-state index in [9.17, 15) is 8.96 Å². The van der Waals surface area contributed by atoms with Gasteiger partial charge in [0.15, 0.2) is 0 Å². The van der Waals surface area contributed by atoms with Crippen molar-refractivity contribution in [1.82, 2.24) is 0 Å². The molecule has 0 aromatic heterocycles. The molecule has 0 fully saturated rings. The number of rotatable bonds is 6. The predicted molar refractivity (Wildman–Crippen MR) is 104 cm³/mol. The number of hydrogen-bond donors (Lipinski definition) is 1. The van der Waals surface area contributed by atoms with E-state index < -0.39 is 13.6 Å². The summed E-state index contributed by atoms with van der Waals surface area (Å²) in [5.74, 6) is 0.154. The van der Waals surface area contributed by atoms with E-state index in [1.165, 1.54) is 12.1 Å². The van der Waals surface area contributed by atoms with Crippen molar-refractivity contribution in [2.45, 2.75) is 0 Å². The minimum Gasteiger partial charge on any atom is -0.400 e. The Hall–Kier alpha value is -2.05. The molecular weight excluding hydrogens is 455 g/mol. The summed E-state index contributed by atoms with van der Waals surface area (Å²) in [4.78, 5) is 0. The van der Waals surface area contributed by atoms with Crippen LogP contribution in [0.4, 0.5) is 10.1 Å². The highest BCUT2D eigenvalue weighted by Gasteiger charge is 2.30. The van der Waals surface area contributed by atoms with Crippen molar-refractivity contribution in [2.75, 3.05) is 5.09 Å². The number of para-hydroxylation sites is 2. The first-order valence-corrected chi connectivity index (χ1v) is 9.99. The Bertz CT molecular complexity index is 848. The van der Waals surface area contributed by atoms with E-state index in [0.717, 1.165) is 3.57 Å². The molecule has 3 rings (SSSR count). The van der Waals surface area contributed by atoms with Gasteiger partial charge in [-0.05, 0) is 65.1 Å². The van der Waals surface area contributed by atoms with Gasteiger partial charge in [-0.3, -0.25) is 5.09 Å². The third-order valence-electron chi connectivity index (χ3n) is 3.13. The van der Waals surface area contributed by atoms with Gasteiger partial charge in [0, 0.05) is 3.57 Å². The number of anilines is 1. The third-order valence-corrected chi connectivity index (χ3v) is 5.21. The minimum absolute atomic E-state index is 0.0376. The monoisotopic (exact) mass is 469 g/mol. The number of benzene rings is 3. The maximum atomic E-state index is 14.2. The maximum Gasteiger partial charge on any atom is 0.541 e. The summed E-state index contributed by atoms with van der Waals surface area (Å²) in [7, 11) is -3.92. The summed E-state index contributed by atoms with van der Waals surface area (Å²) in [6.45, 7) is 0. The summed E-state index contributed by atoms with van der Waals surface area (Å²) in [6, 6.07) is 21.7. The first-order chi connectivity index (χ1) is 12.0. The number of halogens is 2. The van der Waals surface area contributed by atoms with Gasteiger partial charge in [-0.1, -0.05) is 36.4 Å². The van der Waals surface area contributed by atoms with Crippen molar-refractivity contribution in [2.24, 2.45) is 0 Å². The van der Waals surface area contributed by atoms with Crippen molar-refractivity contribution < 1.29 is 18.0 Å². The SMILES string of the molecule is O=P(Nc1ccc(I)cc1F)(Oc1ccccc1)Oc1ccccc1. The Morgan fingerprint density at radius 3 is 1.84 bits per heavy atom. The van der Waals surface area contributed by atoms with Gasteiger partial charge in [0.2, 0.25) is 0 Å². The molecule has 0 aliphatic carbocycles. The first-order valence-electron chi connectivity index (χ1n) is 7.37. The van der Waals surface area contributed by atoms with E-state index in [-0.39, 0.29) is 5.69 Å². The lowest BCUT2D eigenvalue weighted by Crippen LogP contribution is -2.10. The lowest BCUT2D eigenvalue weighted by Gasteiger charge is -2.21. The summed E-state index contributed by atoms with van der Waals surface area (Å²) in [6.07, 6.45) is 0. The van der Waals surface area contributed by atoms with Gasteiger partial charge in [-0.15, -0.1) is 0 Å². The van der Waals surface area contributed by atoms with Crippen molar-refractivity contribution in [3.8, 4) is 11.5 Å². The van der Waals surface area contributed by atoms with E-state index in [1.54, 1.807) is 54.6 Å². The van der Waals surface area contributed by atoms with Crippen LogP contribution in [0.3, 0.4) is 0 Å². The van der Waals surface area contributed by atoms with Crippen LogP contribution in [0.5, 0.6) is 11.5 Å². The third kappa shape index (κ3) is 4.96. The molecule has 4 nitrogen and oxygen atoms in total. The first kappa shape index (κ1) is 17.8. The molecule has 0 saturated heterocycles. The Labute approximate surface area is 158 Å². The van der Waals surface area contributed by atoms with Crippen LogP contribution in [0, 0.1) is 9.39 Å². The highest BCUT2D eigenvalue weighted by molar-refractivity contribution is 14.1. The molecule has 0 aliphatic rings. The fourth-order valence-electron chi connectivity index (χ4n) is 2.03. The zero-order chi connectivity index (χ0) is 17.7. The van der Waals surface area contributed by atoms with E-state index in [1.807, 2.05) is 34.7 Å². The molecule has 3 aromatic rings. The van der Waals surface area contributed by atoms with Crippen molar-refractivity contribution in [3.05, 3.63) is 88.3 Å². The smallest absolute Gasteiger partial charge is 0.400 e. The van der Waals surface area contributed by atoms with E-state index in [4.69, 9.17) is 9.05 Å². The second-order valence-electron chi connectivity index (χ2n) is 5.04. The number of hydrogen-bond acceptors (Lipinski definition) is 3. The van der Waals surface area contributed by atoms with Crippen molar-refractivity contribution >= 4 is 36.0 Å². The highest BCUT2D eigenvalue weighted by Crippen LogP contribution is 2.48. The molecule has 0 radical (unpaired) electrons. The zero-order valence-electron chi connectivity index (χ0n) is 12.9. The normalized spacial score (nSPS) is 11.0. The lowest BCUT2D eigenvalue weighted by molar-refractivity contribution is 0.392. The van der Waals surface area contributed by atoms with Crippen LogP contribution in [-0.2, 0) is 4.57 Å².